The fourth-order valence-electron chi connectivity index (χ4n) is 3.51. The summed E-state index contributed by atoms with van der Waals surface area (Å²) in [5.41, 5.74) is -0.187. The maximum absolute atomic E-state index is 12.9. The van der Waals surface area contributed by atoms with Crippen LogP contribution in [-0.4, -0.2) is 61.5 Å². The first kappa shape index (κ1) is 17.3. The molecule has 2 rings (SSSR count). The molecule has 126 valence electrons. The highest BCUT2D eigenvalue weighted by molar-refractivity contribution is 5.84. The van der Waals surface area contributed by atoms with E-state index in [2.05, 4.69) is 0 Å². The smallest absolute Gasteiger partial charge is 0.228 e. The van der Waals surface area contributed by atoms with Crippen molar-refractivity contribution in [3.05, 3.63) is 0 Å². The largest absolute Gasteiger partial charge is 0.385 e. The Bertz CT molecular complexity index is 405. The van der Waals surface area contributed by atoms with Gasteiger partial charge in [0.1, 0.15) is 0 Å². The van der Waals surface area contributed by atoms with Gasteiger partial charge in [-0.3, -0.25) is 9.59 Å². The minimum absolute atomic E-state index is 0.0296. The zero-order valence-corrected chi connectivity index (χ0v) is 14.3. The zero-order valence-electron chi connectivity index (χ0n) is 14.3. The van der Waals surface area contributed by atoms with Crippen molar-refractivity contribution in [2.45, 2.75) is 46.0 Å². The average molecular weight is 310 g/mol. The molecule has 1 saturated heterocycles. The molecule has 0 aromatic carbocycles. The normalized spacial score (nSPS) is 21.5. The van der Waals surface area contributed by atoms with Crippen molar-refractivity contribution in [3.8, 4) is 0 Å². The van der Waals surface area contributed by atoms with Gasteiger partial charge in [0.15, 0.2) is 0 Å². The Morgan fingerprint density at radius 2 is 1.68 bits per heavy atom. The summed E-state index contributed by atoms with van der Waals surface area (Å²) >= 11 is 0. The van der Waals surface area contributed by atoms with E-state index >= 15 is 0 Å². The van der Waals surface area contributed by atoms with E-state index in [9.17, 15) is 9.59 Å². The Morgan fingerprint density at radius 3 is 2.23 bits per heavy atom. The summed E-state index contributed by atoms with van der Waals surface area (Å²) in [7, 11) is 1.69. The molecule has 2 amide bonds. The predicted molar refractivity (Wildman–Crippen MR) is 85.4 cm³/mol. The van der Waals surface area contributed by atoms with E-state index < -0.39 is 0 Å². The lowest BCUT2D eigenvalue weighted by Crippen LogP contribution is -2.49. The summed E-state index contributed by atoms with van der Waals surface area (Å²) in [6.45, 7) is 7.41. The molecule has 2 aliphatic rings. The average Bonchev–Trinajstić information content (AvgIpc) is 2.70. The first-order valence-electron chi connectivity index (χ1n) is 8.57. The molecule has 1 saturated carbocycles. The van der Waals surface area contributed by atoms with Crippen LogP contribution in [0.2, 0.25) is 0 Å². The quantitative estimate of drug-likeness (QED) is 0.779. The molecule has 0 bridgehead atoms. The van der Waals surface area contributed by atoms with Crippen molar-refractivity contribution in [3.63, 3.8) is 0 Å². The number of hydrogen-bond acceptors (Lipinski definition) is 3. The van der Waals surface area contributed by atoms with Crippen LogP contribution in [0.5, 0.6) is 0 Å². The van der Waals surface area contributed by atoms with Crippen molar-refractivity contribution in [2.24, 2.45) is 11.3 Å². The Kier molecular flexibility index (Phi) is 5.84. The van der Waals surface area contributed by atoms with Gasteiger partial charge >= 0.3 is 0 Å². The lowest BCUT2D eigenvalue weighted by atomic mass is 9.65. The van der Waals surface area contributed by atoms with E-state index in [-0.39, 0.29) is 23.1 Å². The maximum atomic E-state index is 12.9. The molecule has 2 fully saturated rings. The number of carbonyl (C=O) groups excluding carboxylic acids is 2. The number of hydrogen-bond donors (Lipinski definition) is 0. The third-order valence-electron chi connectivity index (χ3n) is 5.14. The molecule has 1 aliphatic heterocycles. The molecule has 0 atom stereocenters. The first-order chi connectivity index (χ1) is 10.5. The van der Waals surface area contributed by atoms with Crippen LogP contribution in [0.1, 0.15) is 46.0 Å². The van der Waals surface area contributed by atoms with Crippen LogP contribution in [0, 0.1) is 11.3 Å². The van der Waals surface area contributed by atoms with Gasteiger partial charge in [-0.2, -0.15) is 0 Å². The van der Waals surface area contributed by atoms with Gasteiger partial charge in [0.2, 0.25) is 11.8 Å². The molecule has 22 heavy (non-hydrogen) atoms. The fourth-order valence-corrected chi connectivity index (χ4v) is 3.51. The number of ether oxygens (including phenoxy) is 1. The molecule has 0 spiro atoms. The second-order valence-corrected chi connectivity index (χ2v) is 7.00. The van der Waals surface area contributed by atoms with E-state index in [4.69, 9.17) is 4.74 Å². The molecule has 0 N–H and O–H groups in total. The van der Waals surface area contributed by atoms with Crippen molar-refractivity contribution >= 4 is 11.8 Å². The minimum Gasteiger partial charge on any atom is -0.385 e. The van der Waals surface area contributed by atoms with Gasteiger partial charge in [0.25, 0.3) is 0 Å². The van der Waals surface area contributed by atoms with Gasteiger partial charge in [-0.05, 0) is 25.7 Å². The van der Waals surface area contributed by atoms with Gasteiger partial charge < -0.3 is 14.5 Å². The van der Waals surface area contributed by atoms with Gasteiger partial charge in [0.05, 0.1) is 5.41 Å². The van der Waals surface area contributed by atoms with Crippen LogP contribution in [0.25, 0.3) is 0 Å². The summed E-state index contributed by atoms with van der Waals surface area (Å²) in [6.07, 6.45) is 4.82. The van der Waals surface area contributed by atoms with Crippen LogP contribution >= 0.6 is 0 Å². The summed E-state index contributed by atoms with van der Waals surface area (Å²) in [6, 6.07) is 0. The Balaban J connectivity index is 1.95. The van der Waals surface area contributed by atoms with Crippen molar-refractivity contribution in [1.29, 1.82) is 0 Å². The molecule has 5 heteroatoms. The lowest BCUT2D eigenvalue weighted by Gasteiger charge is -2.43. The van der Waals surface area contributed by atoms with Crippen molar-refractivity contribution < 1.29 is 14.3 Å². The van der Waals surface area contributed by atoms with Crippen LogP contribution in [0.3, 0.4) is 0 Å². The number of methoxy groups -OCH3 is 1. The van der Waals surface area contributed by atoms with Gasteiger partial charge in [0, 0.05) is 45.8 Å². The number of rotatable bonds is 5. The second kappa shape index (κ2) is 7.44. The van der Waals surface area contributed by atoms with E-state index in [1.807, 2.05) is 23.6 Å². The summed E-state index contributed by atoms with van der Waals surface area (Å²) in [5.74, 6) is 0.517. The predicted octanol–water partition coefficient (Wildman–Crippen LogP) is 1.91. The second-order valence-electron chi connectivity index (χ2n) is 7.00. The zero-order chi connectivity index (χ0) is 16.2. The third kappa shape index (κ3) is 3.62. The van der Waals surface area contributed by atoms with Crippen molar-refractivity contribution in [2.75, 3.05) is 39.9 Å². The Labute approximate surface area is 134 Å². The first-order valence-corrected chi connectivity index (χ1v) is 8.57. The van der Waals surface area contributed by atoms with E-state index in [1.165, 1.54) is 0 Å². The molecule has 1 aliphatic carbocycles. The highest BCUT2D eigenvalue weighted by Gasteiger charge is 2.45. The van der Waals surface area contributed by atoms with E-state index in [0.717, 1.165) is 45.2 Å². The maximum Gasteiger partial charge on any atom is 0.228 e. The topological polar surface area (TPSA) is 49.9 Å². The van der Waals surface area contributed by atoms with E-state index in [1.54, 1.807) is 7.11 Å². The number of amides is 2. The van der Waals surface area contributed by atoms with Gasteiger partial charge in [-0.25, -0.2) is 0 Å². The monoisotopic (exact) mass is 310 g/mol. The SMILES string of the molecule is COCCC1(C(=O)N2CCCN(C(=O)C(C)C)CC2)CCC1. The molecule has 0 unspecified atom stereocenters. The van der Waals surface area contributed by atoms with E-state index in [0.29, 0.717) is 19.7 Å². The number of carbonyl (C=O) groups is 2. The van der Waals surface area contributed by atoms with Crippen LogP contribution in [0.15, 0.2) is 0 Å². The summed E-state index contributed by atoms with van der Waals surface area (Å²) < 4.78 is 5.19. The molecule has 0 radical (unpaired) electrons. The van der Waals surface area contributed by atoms with Gasteiger partial charge in [-0.1, -0.05) is 20.3 Å². The highest BCUT2D eigenvalue weighted by Crippen LogP contribution is 2.45. The van der Waals surface area contributed by atoms with Gasteiger partial charge in [-0.15, -0.1) is 0 Å². The van der Waals surface area contributed by atoms with Crippen LogP contribution < -0.4 is 0 Å². The Hall–Kier alpha value is -1.10. The fraction of sp³-hybridized carbons (Fsp3) is 0.882. The molecule has 0 aromatic rings. The molecule has 1 heterocycles. The van der Waals surface area contributed by atoms with Crippen molar-refractivity contribution in [1.82, 2.24) is 9.80 Å². The van der Waals surface area contributed by atoms with Crippen LogP contribution in [-0.2, 0) is 14.3 Å². The molecular weight excluding hydrogens is 280 g/mol. The Morgan fingerprint density at radius 1 is 1.05 bits per heavy atom. The molecule has 5 nitrogen and oxygen atoms in total. The summed E-state index contributed by atoms with van der Waals surface area (Å²) in [5, 5.41) is 0. The lowest BCUT2D eigenvalue weighted by molar-refractivity contribution is -0.149. The minimum atomic E-state index is -0.187. The highest BCUT2D eigenvalue weighted by atomic mass is 16.5. The molecular formula is C17H30N2O3. The number of nitrogens with zero attached hydrogens (tertiary/aromatic N) is 2. The summed E-state index contributed by atoms with van der Waals surface area (Å²) in [4.78, 5) is 29.0. The standard InChI is InChI=1S/C17H30N2O3/c1-14(2)15(20)18-9-5-10-19(12-11-18)16(21)17(6-4-7-17)8-13-22-3/h14H,4-13H2,1-3H3. The molecule has 0 aromatic heterocycles. The van der Waals surface area contributed by atoms with Crippen LogP contribution in [0.4, 0.5) is 0 Å². The third-order valence-corrected chi connectivity index (χ3v) is 5.14.